The molecule has 1 aliphatic heterocycles. The Labute approximate surface area is 199 Å². The van der Waals surface area contributed by atoms with E-state index in [9.17, 15) is 22.8 Å². The zero-order valence-corrected chi connectivity index (χ0v) is 20.2. The van der Waals surface area contributed by atoms with Crippen LogP contribution in [0.5, 0.6) is 0 Å². The van der Waals surface area contributed by atoms with Crippen LogP contribution in [0.25, 0.3) is 0 Å². The van der Waals surface area contributed by atoms with Crippen molar-refractivity contribution in [1.82, 2.24) is 10.6 Å². The molecular weight excluding hydrogens is 460 g/mol. The molecule has 2 aromatic rings. The Morgan fingerprint density at radius 1 is 1.06 bits per heavy atom. The van der Waals surface area contributed by atoms with Gasteiger partial charge in [0.1, 0.15) is 11.6 Å². The van der Waals surface area contributed by atoms with Gasteiger partial charge in [0.15, 0.2) is 5.92 Å². The minimum atomic E-state index is -4.05. The second-order valence-electron chi connectivity index (χ2n) is 9.03. The predicted octanol–water partition coefficient (Wildman–Crippen LogP) is 1.81. The summed E-state index contributed by atoms with van der Waals surface area (Å²) in [6.45, 7) is 6.51. The highest BCUT2D eigenvalue weighted by Gasteiger charge is 2.44. The number of hydrogen-bond acceptors (Lipinski definition) is 7. The van der Waals surface area contributed by atoms with E-state index in [2.05, 4.69) is 10.6 Å². The number of ether oxygens (including phenoxy) is 1. The Morgan fingerprint density at radius 3 is 2.24 bits per heavy atom. The summed E-state index contributed by atoms with van der Waals surface area (Å²) < 4.78 is 35.4. The first-order valence-electron chi connectivity index (χ1n) is 10.7. The molecule has 1 heterocycles. The average Bonchev–Trinajstić information content (AvgIpc) is 2.75. The van der Waals surface area contributed by atoms with Crippen LogP contribution in [0.4, 0.5) is 0 Å². The van der Waals surface area contributed by atoms with E-state index in [1.165, 1.54) is 12.1 Å². The summed E-state index contributed by atoms with van der Waals surface area (Å²) in [5.74, 6) is -3.30. The Bertz CT molecular complexity index is 1160. The number of esters is 1. The first-order chi connectivity index (χ1) is 15.9. The summed E-state index contributed by atoms with van der Waals surface area (Å²) in [5.41, 5.74) is 0.480. The molecule has 0 saturated carbocycles. The molecule has 0 aromatic heterocycles. The zero-order chi connectivity index (χ0) is 25.1. The van der Waals surface area contributed by atoms with Gasteiger partial charge in [-0.2, -0.15) is 8.42 Å². The fourth-order valence-electron chi connectivity index (χ4n) is 3.32. The van der Waals surface area contributed by atoms with E-state index in [0.717, 1.165) is 5.56 Å². The van der Waals surface area contributed by atoms with Crippen LogP contribution in [0.3, 0.4) is 0 Å². The van der Waals surface area contributed by atoms with Crippen LogP contribution in [0.2, 0.25) is 0 Å². The largest absolute Gasteiger partial charge is 0.459 e. The lowest BCUT2D eigenvalue weighted by Gasteiger charge is -2.37. The number of hydrogen-bond donors (Lipinski definition) is 2. The topological polar surface area (TPSA) is 128 Å². The van der Waals surface area contributed by atoms with Gasteiger partial charge in [0.25, 0.3) is 10.1 Å². The molecule has 3 rings (SSSR count). The van der Waals surface area contributed by atoms with Gasteiger partial charge in [-0.25, -0.2) is 0 Å². The molecular formula is C24H28N2O7S. The Morgan fingerprint density at radius 2 is 1.68 bits per heavy atom. The number of nitrogens with one attached hydrogen (secondary N) is 2. The van der Waals surface area contributed by atoms with Gasteiger partial charge in [-0.15, -0.1) is 0 Å². The van der Waals surface area contributed by atoms with Gasteiger partial charge in [-0.3, -0.25) is 18.6 Å². The quantitative estimate of drug-likeness (QED) is 0.251. The number of β-lactam (4-membered cyclic amide) rings is 1. The molecule has 10 heteroatoms. The minimum Gasteiger partial charge on any atom is -0.459 e. The van der Waals surface area contributed by atoms with Gasteiger partial charge in [0, 0.05) is 0 Å². The normalized spacial score (nSPS) is 18.9. The molecule has 182 valence electrons. The Hall–Kier alpha value is -3.24. The number of rotatable bonds is 8. The highest BCUT2D eigenvalue weighted by Crippen LogP contribution is 2.23. The highest BCUT2D eigenvalue weighted by atomic mass is 32.2. The minimum absolute atomic E-state index is 0.0154. The van der Waals surface area contributed by atoms with Crippen molar-refractivity contribution in [3.63, 3.8) is 0 Å². The van der Waals surface area contributed by atoms with Crippen LogP contribution in [0.15, 0.2) is 59.5 Å². The number of amides is 2. The van der Waals surface area contributed by atoms with Gasteiger partial charge in [0.2, 0.25) is 11.8 Å². The van der Waals surface area contributed by atoms with Crippen molar-refractivity contribution in [2.75, 3.05) is 6.61 Å². The molecule has 0 spiro atoms. The van der Waals surface area contributed by atoms with Gasteiger partial charge in [0.05, 0.1) is 17.5 Å². The first-order valence-corrected chi connectivity index (χ1v) is 12.1. The molecule has 1 unspecified atom stereocenters. The van der Waals surface area contributed by atoms with Crippen LogP contribution in [0, 0.1) is 6.92 Å². The fourth-order valence-corrected chi connectivity index (χ4v) is 4.25. The van der Waals surface area contributed by atoms with Crippen molar-refractivity contribution in [3.05, 3.63) is 65.7 Å². The molecule has 2 aromatic carbocycles. The Kier molecular flexibility index (Phi) is 7.42. The Balaban J connectivity index is 1.70. The molecule has 34 heavy (non-hydrogen) atoms. The lowest BCUT2D eigenvalue weighted by Crippen LogP contribution is -2.71. The van der Waals surface area contributed by atoms with Crippen LogP contribution >= 0.6 is 0 Å². The van der Waals surface area contributed by atoms with E-state index >= 15 is 0 Å². The molecule has 2 N–H and O–H groups in total. The van der Waals surface area contributed by atoms with Gasteiger partial charge in [-0.1, -0.05) is 48.0 Å². The summed E-state index contributed by atoms with van der Waals surface area (Å²) in [4.78, 5) is 38.0. The summed E-state index contributed by atoms with van der Waals surface area (Å²) in [5, 5.41) is 5.06. The summed E-state index contributed by atoms with van der Waals surface area (Å²) >= 11 is 0. The van der Waals surface area contributed by atoms with Crippen LogP contribution < -0.4 is 10.6 Å². The molecule has 1 saturated heterocycles. The van der Waals surface area contributed by atoms with E-state index in [1.54, 1.807) is 63.2 Å². The molecule has 1 aliphatic rings. The van der Waals surface area contributed by atoms with E-state index in [0.29, 0.717) is 5.56 Å². The SMILES string of the molecule is Cc1ccc(S(=O)(=O)OC[C@H]2NC(=O)[C@H]2NC(=O)C(C(=O)OC(C)(C)C)c2ccccc2)cc1. The molecule has 0 bridgehead atoms. The van der Waals surface area contributed by atoms with Crippen molar-refractivity contribution < 1.29 is 31.7 Å². The summed E-state index contributed by atoms with van der Waals surface area (Å²) in [7, 11) is -4.05. The lowest BCUT2D eigenvalue weighted by molar-refractivity contribution is -0.159. The fraction of sp³-hybridized carbons (Fsp3) is 0.375. The molecule has 3 atom stereocenters. The third kappa shape index (κ3) is 6.21. The van der Waals surface area contributed by atoms with Crippen LogP contribution in [-0.4, -0.2) is 50.5 Å². The van der Waals surface area contributed by atoms with E-state index in [1.807, 2.05) is 6.92 Å². The van der Waals surface area contributed by atoms with E-state index < -0.39 is 51.5 Å². The van der Waals surface area contributed by atoms with Crippen LogP contribution in [-0.2, 0) is 33.4 Å². The van der Waals surface area contributed by atoms with Crippen molar-refractivity contribution in [1.29, 1.82) is 0 Å². The first kappa shape index (κ1) is 25.4. The second kappa shape index (κ2) is 9.94. The standard InChI is InChI=1S/C24H28N2O7S/c1-15-10-12-17(13-11-15)34(30,31)32-14-18-20(22(28)25-18)26-21(27)19(16-8-6-5-7-9-16)23(29)33-24(2,3)4/h5-13,18-20H,14H2,1-4H3,(H,25,28)(H,26,27)/t18-,19?,20+/m1/s1. The van der Waals surface area contributed by atoms with Gasteiger partial charge >= 0.3 is 5.97 Å². The van der Waals surface area contributed by atoms with Crippen LogP contribution in [0.1, 0.15) is 37.8 Å². The van der Waals surface area contributed by atoms with Gasteiger partial charge < -0.3 is 15.4 Å². The van der Waals surface area contributed by atoms with E-state index in [-0.39, 0.29) is 11.5 Å². The number of carbonyl (C=O) groups excluding carboxylic acids is 3. The zero-order valence-electron chi connectivity index (χ0n) is 19.4. The molecule has 0 radical (unpaired) electrons. The van der Waals surface area contributed by atoms with Crippen molar-refractivity contribution in [2.24, 2.45) is 0 Å². The molecule has 1 fully saturated rings. The summed E-state index contributed by atoms with van der Waals surface area (Å²) in [6, 6.07) is 12.6. The van der Waals surface area contributed by atoms with Crippen molar-refractivity contribution >= 4 is 27.9 Å². The second-order valence-corrected chi connectivity index (χ2v) is 10.6. The maximum atomic E-state index is 13.1. The molecule has 2 amide bonds. The smallest absolute Gasteiger partial charge is 0.323 e. The van der Waals surface area contributed by atoms with Crippen molar-refractivity contribution in [3.8, 4) is 0 Å². The number of carbonyl (C=O) groups is 3. The predicted molar refractivity (Wildman–Crippen MR) is 123 cm³/mol. The number of aryl methyl sites for hydroxylation is 1. The maximum absolute atomic E-state index is 13.1. The third-order valence-corrected chi connectivity index (χ3v) is 6.36. The van der Waals surface area contributed by atoms with Gasteiger partial charge in [-0.05, 0) is 45.4 Å². The average molecular weight is 489 g/mol. The van der Waals surface area contributed by atoms with E-state index in [4.69, 9.17) is 8.92 Å². The monoisotopic (exact) mass is 488 g/mol. The van der Waals surface area contributed by atoms with Crippen molar-refractivity contribution in [2.45, 2.75) is 56.2 Å². The number of benzene rings is 2. The highest BCUT2D eigenvalue weighted by molar-refractivity contribution is 7.86. The summed E-state index contributed by atoms with van der Waals surface area (Å²) in [6.07, 6.45) is 0. The molecule has 0 aliphatic carbocycles. The third-order valence-electron chi connectivity index (χ3n) is 5.06. The maximum Gasteiger partial charge on any atom is 0.323 e. The lowest BCUT2D eigenvalue weighted by atomic mass is 9.94. The molecule has 9 nitrogen and oxygen atoms in total.